The minimum atomic E-state index is -0.897. The maximum absolute atomic E-state index is 12.3. The average molecular weight is 327 g/mol. The van der Waals surface area contributed by atoms with Gasteiger partial charge in [-0.3, -0.25) is 9.59 Å². The molecule has 2 aromatic carbocycles. The number of carboxylic acid groups (broad SMARTS) is 1. The molecule has 0 heterocycles. The molecular formula is C19H21NO4. The number of aliphatic carboxylic acids is 1. The lowest BCUT2D eigenvalue weighted by atomic mass is 10.00. The van der Waals surface area contributed by atoms with Gasteiger partial charge in [0.2, 0.25) is 5.91 Å². The van der Waals surface area contributed by atoms with Crippen molar-refractivity contribution in [3.8, 4) is 5.75 Å². The molecule has 5 heteroatoms. The highest BCUT2D eigenvalue weighted by atomic mass is 16.5. The van der Waals surface area contributed by atoms with Crippen LogP contribution in [0.15, 0.2) is 48.5 Å². The second kappa shape index (κ2) is 8.15. The van der Waals surface area contributed by atoms with Crippen LogP contribution in [0.3, 0.4) is 0 Å². The van der Waals surface area contributed by atoms with E-state index in [1.165, 1.54) is 0 Å². The number of hydrogen-bond acceptors (Lipinski definition) is 3. The number of carboxylic acids is 1. The summed E-state index contributed by atoms with van der Waals surface area (Å²) in [5.74, 6) is -0.419. The van der Waals surface area contributed by atoms with Gasteiger partial charge in [-0.2, -0.15) is 0 Å². The molecule has 2 aromatic rings. The smallest absolute Gasteiger partial charge is 0.307 e. The number of amides is 1. The molecule has 0 aliphatic rings. The summed E-state index contributed by atoms with van der Waals surface area (Å²) >= 11 is 0. The minimum absolute atomic E-state index is 0.0644. The number of carbonyl (C=O) groups is 2. The van der Waals surface area contributed by atoms with Crippen LogP contribution < -0.4 is 10.1 Å². The summed E-state index contributed by atoms with van der Waals surface area (Å²) in [7, 11) is 1.61. The summed E-state index contributed by atoms with van der Waals surface area (Å²) in [5.41, 5.74) is 2.32. The molecule has 0 saturated heterocycles. The Hall–Kier alpha value is -2.82. The van der Waals surface area contributed by atoms with Crippen LogP contribution in [0.4, 0.5) is 5.69 Å². The monoisotopic (exact) mass is 327 g/mol. The molecule has 126 valence electrons. The first-order valence-corrected chi connectivity index (χ1v) is 7.72. The normalized spacial score (nSPS) is 11.6. The number of nitrogens with one attached hydrogen (secondary N) is 1. The number of ether oxygens (including phenoxy) is 1. The number of hydrogen-bond donors (Lipinski definition) is 2. The fraction of sp³-hybridized carbons (Fsp3) is 0.263. The predicted molar refractivity (Wildman–Crippen MR) is 92.3 cm³/mol. The van der Waals surface area contributed by atoms with Crippen LogP contribution in [-0.2, 0) is 22.4 Å². The predicted octanol–water partition coefficient (Wildman–Crippen LogP) is 3.14. The fourth-order valence-electron chi connectivity index (χ4n) is 2.41. The van der Waals surface area contributed by atoms with Gasteiger partial charge in [0.25, 0.3) is 0 Å². The Morgan fingerprint density at radius 2 is 1.83 bits per heavy atom. The number of rotatable bonds is 7. The lowest BCUT2D eigenvalue weighted by Crippen LogP contribution is -2.22. The van der Waals surface area contributed by atoms with Gasteiger partial charge in [0.05, 0.1) is 13.5 Å². The average Bonchev–Trinajstić information content (AvgIpc) is 2.55. The Morgan fingerprint density at radius 3 is 2.46 bits per heavy atom. The molecule has 24 heavy (non-hydrogen) atoms. The highest BCUT2D eigenvalue weighted by Gasteiger charge is 2.14. The minimum Gasteiger partial charge on any atom is -0.497 e. The van der Waals surface area contributed by atoms with Gasteiger partial charge in [0.15, 0.2) is 0 Å². The van der Waals surface area contributed by atoms with E-state index in [0.717, 1.165) is 11.3 Å². The number of carbonyl (C=O) groups excluding carboxylic acids is 1. The number of methoxy groups -OCH3 is 1. The molecule has 0 radical (unpaired) electrons. The second-order valence-corrected chi connectivity index (χ2v) is 5.71. The second-order valence-electron chi connectivity index (χ2n) is 5.71. The van der Waals surface area contributed by atoms with Gasteiger partial charge in [-0.25, -0.2) is 0 Å². The Morgan fingerprint density at radius 1 is 1.12 bits per heavy atom. The van der Waals surface area contributed by atoms with Crippen molar-refractivity contribution in [3.63, 3.8) is 0 Å². The van der Waals surface area contributed by atoms with E-state index in [1.807, 2.05) is 31.2 Å². The fourth-order valence-corrected chi connectivity index (χ4v) is 2.41. The summed E-state index contributed by atoms with van der Waals surface area (Å²) in [4.78, 5) is 23.1. The van der Waals surface area contributed by atoms with Crippen LogP contribution in [0.2, 0.25) is 0 Å². The van der Waals surface area contributed by atoms with Crippen molar-refractivity contribution < 1.29 is 19.4 Å². The maximum atomic E-state index is 12.3. The van der Waals surface area contributed by atoms with E-state index in [9.17, 15) is 9.59 Å². The highest BCUT2D eigenvalue weighted by molar-refractivity contribution is 5.92. The molecule has 1 atom stereocenters. The molecule has 1 unspecified atom stereocenters. The molecular weight excluding hydrogens is 306 g/mol. The number of benzene rings is 2. The summed E-state index contributed by atoms with van der Waals surface area (Å²) < 4.78 is 5.12. The standard InChI is InChI=1S/C19H21NO4/c1-13(10-14-6-8-17(24-2)9-7-14)19(23)20-16-5-3-4-15(11-16)12-18(21)22/h3-9,11,13H,10,12H2,1-2H3,(H,20,23)(H,21,22). The zero-order valence-corrected chi connectivity index (χ0v) is 13.8. The molecule has 0 aliphatic carbocycles. The molecule has 2 N–H and O–H groups in total. The Labute approximate surface area is 141 Å². The van der Waals surface area contributed by atoms with Gasteiger partial charge in [-0.05, 0) is 41.8 Å². The molecule has 0 aliphatic heterocycles. The third-order valence-electron chi connectivity index (χ3n) is 3.70. The van der Waals surface area contributed by atoms with Gasteiger partial charge >= 0.3 is 5.97 Å². The van der Waals surface area contributed by atoms with Crippen LogP contribution in [0, 0.1) is 5.92 Å². The maximum Gasteiger partial charge on any atom is 0.307 e. The number of anilines is 1. The summed E-state index contributed by atoms with van der Waals surface area (Å²) in [6.45, 7) is 1.86. The largest absolute Gasteiger partial charge is 0.497 e. The van der Waals surface area contributed by atoms with E-state index in [0.29, 0.717) is 17.7 Å². The van der Waals surface area contributed by atoms with Gasteiger partial charge < -0.3 is 15.2 Å². The van der Waals surface area contributed by atoms with E-state index >= 15 is 0 Å². The van der Waals surface area contributed by atoms with Crippen molar-refractivity contribution in [1.29, 1.82) is 0 Å². The van der Waals surface area contributed by atoms with Crippen LogP contribution in [0.5, 0.6) is 5.75 Å². The lowest BCUT2D eigenvalue weighted by molar-refractivity contribution is -0.136. The third-order valence-corrected chi connectivity index (χ3v) is 3.70. The van der Waals surface area contributed by atoms with Crippen LogP contribution in [0.25, 0.3) is 0 Å². The first-order valence-electron chi connectivity index (χ1n) is 7.72. The summed E-state index contributed by atoms with van der Waals surface area (Å²) in [6, 6.07) is 14.5. The third kappa shape index (κ3) is 5.12. The van der Waals surface area contributed by atoms with Gasteiger partial charge in [-0.15, -0.1) is 0 Å². The molecule has 2 rings (SSSR count). The van der Waals surface area contributed by atoms with Crippen LogP contribution >= 0.6 is 0 Å². The van der Waals surface area contributed by atoms with Gasteiger partial charge in [-0.1, -0.05) is 31.2 Å². The van der Waals surface area contributed by atoms with Crippen molar-refractivity contribution in [2.75, 3.05) is 12.4 Å². The summed E-state index contributed by atoms with van der Waals surface area (Å²) in [6.07, 6.45) is 0.551. The van der Waals surface area contributed by atoms with Crippen molar-refractivity contribution in [3.05, 3.63) is 59.7 Å². The van der Waals surface area contributed by atoms with Crippen LogP contribution in [-0.4, -0.2) is 24.1 Å². The molecule has 0 saturated carbocycles. The van der Waals surface area contributed by atoms with Gasteiger partial charge in [0.1, 0.15) is 5.75 Å². The van der Waals surface area contributed by atoms with Crippen LogP contribution in [0.1, 0.15) is 18.1 Å². The van der Waals surface area contributed by atoms with E-state index in [4.69, 9.17) is 9.84 Å². The quantitative estimate of drug-likeness (QED) is 0.819. The molecule has 0 aromatic heterocycles. The van der Waals surface area contributed by atoms with Crippen molar-refractivity contribution in [1.82, 2.24) is 0 Å². The van der Waals surface area contributed by atoms with E-state index < -0.39 is 5.97 Å². The Bertz CT molecular complexity index is 710. The van der Waals surface area contributed by atoms with E-state index in [-0.39, 0.29) is 18.2 Å². The highest BCUT2D eigenvalue weighted by Crippen LogP contribution is 2.17. The first-order chi connectivity index (χ1) is 11.5. The Balaban J connectivity index is 1.96. The van der Waals surface area contributed by atoms with Crippen molar-refractivity contribution in [2.45, 2.75) is 19.8 Å². The van der Waals surface area contributed by atoms with E-state index in [1.54, 1.807) is 31.4 Å². The lowest BCUT2D eigenvalue weighted by Gasteiger charge is -2.13. The summed E-state index contributed by atoms with van der Waals surface area (Å²) in [5, 5.41) is 11.7. The molecule has 0 spiro atoms. The van der Waals surface area contributed by atoms with Crippen molar-refractivity contribution in [2.24, 2.45) is 5.92 Å². The molecule has 0 bridgehead atoms. The molecule has 0 fully saturated rings. The van der Waals surface area contributed by atoms with E-state index in [2.05, 4.69) is 5.32 Å². The first kappa shape index (κ1) is 17.5. The van der Waals surface area contributed by atoms with Crippen molar-refractivity contribution >= 4 is 17.6 Å². The SMILES string of the molecule is COc1ccc(CC(C)C(=O)Nc2cccc(CC(=O)O)c2)cc1. The van der Waals surface area contributed by atoms with Gasteiger partial charge in [0, 0.05) is 11.6 Å². The topological polar surface area (TPSA) is 75.6 Å². The zero-order chi connectivity index (χ0) is 17.5. The molecule has 5 nitrogen and oxygen atoms in total. The zero-order valence-electron chi connectivity index (χ0n) is 13.8. The molecule has 1 amide bonds. The Kier molecular flexibility index (Phi) is 5.95.